The van der Waals surface area contributed by atoms with Gasteiger partial charge in [0, 0.05) is 38.5 Å². The summed E-state index contributed by atoms with van der Waals surface area (Å²) >= 11 is 0. The first-order chi connectivity index (χ1) is 26.1. The lowest BCUT2D eigenvalue weighted by atomic mass is 9.98. The Morgan fingerprint density at radius 2 is 1.35 bits per heavy atom. The van der Waals surface area contributed by atoms with Crippen molar-refractivity contribution in [2.75, 3.05) is 4.90 Å². The van der Waals surface area contributed by atoms with Gasteiger partial charge in [-0.2, -0.15) is 21.6 Å². The van der Waals surface area contributed by atoms with E-state index < -0.39 is 21.4 Å². The van der Waals surface area contributed by atoms with Gasteiger partial charge in [-0.1, -0.05) is 115 Å². The Kier molecular flexibility index (Phi) is 8.74. The number of anilines is 3. The van der Waals surface area contributed by atoms with E-state index in [4.69, 9.17) is 8.60 Å². The molecular formula is C45H32F3NO4S. The molecule has 1 aromatic heterocycles. The maximum atomic E-state index is 13.6. The SMILES string of the molecule is C/C=C\C(=C/C)c1ccc(N(c2ccc(-c3cccc4c3oc3ccccc34)cc2)c2ccc(OS(=O)(=O)C(F)(F)F)c3c2ccc2ccccc23)cc1. The number of alkyl halides is 3. The van der Waals surface area contributed by atoms with Gasteiger partial charge in [0.1, 0.15) is 11.2 Å². The predicted octanol–water partition coefficient (Wildman–Crippen LogP) is 13.2. The van der Waals surface area contributed by atoms with Crippen LogP contribution in [0.4, 0.5) is 30.2 Å². The molecule has 0 aliphatic rings. The fourth-order valence-corrected chi connectivity index (χ4v) is 7.51. The fraction of sp³-hybridized carbons (Fsp3) is 0.0667. The average Bonchev–Trinajstić information content (AvgIpc) is 3.57. The van der Waals surface area contributed by atoms with Crippen molar-refractivity contribution >= 4 is 76.2 Å². The first-order valence-corrected chi connectivity index (χ1v) is 18.6. The number of rotatable bonds is 8. The molecule has 0 saturated heterocycles. The third kappa shape index (κ3) is 6.06. The van der Waals surface area contributed by atoms with Crippen molar-refractivity contribution in [3.63, 3.8) is 0 Å². The lowest BCUT2D eigenvalue weighted by Gasteiger charge is -2.28. The molecule has 0 saturated carbocycles. The van der Waals surface area contributed by atoms with Crippen LogP contribution in [0.25, 0.3) is 60.2 Å². The molecule has 0 aliphatic carbocycles. The van der Waals surface area contributed by atoms with Gasteiger partial charge < -0.3 is 13.5 Å². The normalized spacial score (nSPS) is 12.7. The van der Waals surface area contributed by atoms with Gasteiger partial charge in [-0.25, -0.2) is 0 Å². The maximum Gasteiger partial charge on any atom is 0.534 e. The molecule has 8 aromatic rings. The van der Waals surface area contributed by atoms with Crippen LogP contribution in [-0.4, -0.2) is 13.9 Å². The van der Waals surface area contributed by atoms with Crippen LogP contribution >= 0.6 is 0 Å². The standard InChI is InChI=1S/C45H32F3NO4S/c1-3-10-29(4-2)30-17-22-33(23-18-30)49(34-24-19-32(20-25-34)36-14-9-15-38-37-13-7-8-16-41(37)52-44(36)38)40-27-28-42(53-54(50,51)45(46,47)48)43-35-12-6-5-11-31(35)21-26-39(40)43/h3-28H,1-2H3/b10-3-,29-4+. The molecule has 0 spiro atoms. The van der Waals surface area contributed by atoms with Gasteiger partial charge in [-0.05, 0) is 83.8 Å². The molecule has 7 aromatic carbocycles. The van der Waals surface area contributed by atoms with E-state index in [9.17, 15) is 21.6 Å². The number of benzene rings is 7. The van der Waals surface area contributed by atoms with Crippen molar-refractivity contribution in [3.05, 3.63) is 163 Å². The summed E-state index contributed by atoms with van der Waals surface area (Å²) in [4.78, 5) is 2.00. The van der Waals surface area contributed by atoms with Crippen LogP contribution in [0.1, 0.15) is 19.4 Å². The minimum atomic E-state index is -5.96. The van der Waals surface area contributed by atoms with Crippen molar-refractivity contribution in [2.24, 2.45) is 0 Å². The van der Waals surface area contributed by atoms with Crippen LogP contribution in [0.2, 0.25) is 0 Å². The van der Waals surface area contributed by atoms with E-state index in [1.54, 1.807) is 30.3 Å². The first kappa shape index (κ1) is 34.7. The molecule has 0 amide bonds. The monoisotopic (exact) mass is 739 g/mol. The molecule has 54 heavy (non-hydrogen) atoms. The summed E-state index contributed by atoms with van der Waals surface area (Å²) in [7, 11) is -5.96. The zero-order valence-corrected chi connectivity index (χ0v) is 29.9. The van der Waals surface area contributed by atoms with Crippen molar-refractivity contribution < 1.29 is 30.2 Å². The molecule has 0 radical (unpaired) electrons. The summed E-state index contributed by atoms with van der Waals surface area (Å²) in [6, 6.07) is 43.6. The van der Waals surface area contributed by atoms with E-state index in [2.05, 4.69) is 0 Å². The fourth-order valence-electron chi connectivity index (χ4n) is 7.04. The molecule has 0 unspecified atom stereocenters. The highest BCUT2D eigenvalue weighted by Crippen LogP contribution is 2.46. The van der Waals surface area contributed by atoms with Crippen LogP contribution in [-0.2, 0) is 10.1 Å². The number of allylic oxidation sites excluding steroid dienone is 4. The second kappa shape index (κ2) is 13.6. The van der Waals surface area contributed by atoms with Crippen molar-refractivity contribution in [3.8, 4) is 16.9 Å². The summed E-state index contributed by atoms with van der Waals surface area (Å²) in [5.41, 5.74) is 2.02. The number of fused-ring (bicyclic) bond motifs is 6. The highest BCUT2D eigenvalue weighted by molar-refractivity contribution is 7.88. The van der Waals surface area contributed by atoms with Crippen molar-refractivity contribution in [2.45, 2.75) is 19.4 Å². The summed E-state index contributed by atoms with van der Waals surface area (Å²) in [5, 5.41) is 4.02. The van der Waals surface area contributed by atoms with Gasteiger partial charge in [0.05, 0.1) is 5.69 Å². The second-order valence-corrected chi connectivity index (χ2v) is 14.3. The van der Waals surface area contributed by atoms with Gasteiger partial charge in [-0.15, -0.1) is 0 Å². The number of nitrogens with zero attached hydrogens (tertiary/aromatic N) is 1. The first-order valence-electron chi connectivity index (χ1n) is 17.2. The Hall–Kier alpha value is -6.32. The third-order valence-electron chi connectivity index (χ3n) is 9.52. The molecule has 0 bridgehead atoms. The molecule has 0 fully saturated rings. The second-order valence-electron chi connectivity index (χ2n) is 12.7. The van der Waals surface area contributed by atoms with Crippen molar-refractivity contribution in [1.82, 2.24) is 0 Å². The number of halogens is 3. The Morgan fingerprint density at radius 1 is 0.685 bits per heavy atom. The van der Waals surface area contributed by atoms with Crippen LogP contribution in [0.15, 0.2) is 162 Å². The van der Waals surface area contributed by atoms with E-state index in [0.29, 0.717) is 21.8 Å². The minimum absolute atomic E-state index is 0.234. The predicted molar refractivity (Wildman–Crippen MR) is 213 cm³/mol. The Bertz CT molecular complexity index is 2870. The number of hydrogen-bond acceptors (Lipinski definition) is 5. The van der Waals surface area contributed by atoms with E-state index in [1.165, 1.54) is 6.07 Å². The Labute approximate surface area is 310 Å². The minimum Gasteiger partial charge on any atom is -0.455 e. The molecule has 9 heteroatoms. The zero-order valence-electron chi connectivity index (χ0n) is 29.1. The molecule has 8 rings (SSSR count). The highest BCUT2D eigenvalue weighted by atomic mass is 32.2. The number of hydrogen-bond donors (Lipinski definition) is 0. The van der Waals surface area contributed by atoms with Crippen LogP contribution in [0.3, 0.4) is 0 Å². The zero-order chi connectivity index (χ0) is 37.6. The van der Waals surface area contributed by atoms with E-state index in [-0.39, 0.29) is 5.39 Å². The van der Waals surface area contributed by atoms with Gasteiger partial charge in [0.15, 0.2) is 5.75 Å². The van der Waals surface area contributed by atoms with Gasteiger partial charge in [-0.3, -0.25) is 0 Å². The van der Waals surface area contributed by atoms with Crippen LogP contribution in [0.5, 0.6) is 5.75 Å². The lowest BCUT2D eigenvalue weighted by molar-refractivity contribution is -0.0499. The van der Waals surface area contributed by atoms with Crippen LogP contribution in [0, 0.1) is 0 Å². The van der Waals surface area contributed by atoms with E-state index in [0.717, 1.165) is 55.6 Å². The van der Waals surface area contributed by atoms with Crippen molar-refractivity contribution in [1.29, 1.82) is 0 Å². The van der Waals surface area contributed by atoms with Crippen LogP contribution < -0.4 is 9.08 Å². The largest absolute Gasteiger partial charge is 0.534 e. The number of furan rings is 1. The molecule has 268 valence electrons. The maximum absolute atomic E-state index is 13.6. The summed E-state index contributed by atoms with van der Waals surface area (Å²) in [6.07, 6.45) is 6.03. The van der Waals surface area contributed by atoms with E-state index >= 15 is 0 Å². The van der Waals surface area contributed by atoms with Gasteiger partial charge in [0.2, 0.25) is 0 Å². The summed E-state index contributed by atoms with van der Waals surface area (Å²) < 4.78 is 76.6. The average molecular weight is 740 g/mol. The third-order valence-corrected chi connectivity index (χ3v) is 10.5. The van der Waals surface area contributed by atoms with Gasteiger partial charge in [0.25, 0.3) is 0 Å². The quantitative estimate of drug-likeness (QED) is 0.0672. The number of para-hydroxylation sites is 2. The molecule has 1 heterocycles. The molecule has 0 atom stereocenters. The molecule has 5 nitrogen and oxygen atoms in total. The lowest BCUT2D eigenvalue weighted by Crippen LogP contribution is -2.28. The Balaban J connectivity index is 1.32. The molecule has 0 aliphatic heterocycles. The molecular weight excluding hydrogens is 708 g/mol. The topological polar surface area (TPSA) is 59.8 Å². The molecule has 0 N–H and O–H groups in total. The van der Waals surface area contributed by atoms with Gasteiger partial charge >= 0.3 is 15.6 Å². The summed E-state index contributed by atoms with van der Waals surface area (Å²) in [5.74, 6) is -0.420. The smallest absolute Gasteiger partial charge is 0.455 e. The summed E-state index contributed by atoms with van der Waals surface area (Å²) in [6.45, 7) is 3.93. The van der Waals surface area contributed by atoms with E-state index in [1.807, 2.05) is 140 Å². The Morgan fingerprint density at radius 3 is 2.06 bits per heavy atom. The highest BCUT2D eigenvalue weighted by Gasteiger charge is 2.48.